The number of rotatable bonds is 8. The molecular formula is C22H26N4O. The lowest BCUT2D eigenvalue weighted by Crippen LogP contribution is -2.08. The zero-order valence-electron chi connectivity index (χ0n) is 16.1. The maximum Gasteiger partial charge on any atom is 0.229 e. The molecule has 1 aromatic heterocycles. The summed E-state index contributed by atoms with van der Waals surface area (Å²) < 4.78 is 5.11. The third-order valence-corrected chi connectivity index (χ3v) is 4.26. The third kappa shape index (κ3) is 5.28. The second kappa shape index (κ2) is 9.14. The molecule has 0 atom stereocenters. The Kier molecular flexibility index (Phi) is 6.39. The first-order valence-electron chi connectivity index (χ1n) is 9.17. The minimum atomic E-state index is 0.581. The number of hydrogen-bond donors (Lipinski definition) is 2. The summed E-state index contributed by atoms with van der Waals surface area (Å²) in [6, 6.07) is 18.4. The van der Waals surface area contributed by atoms with Crippen molar-refractivity contribution in [3.8, 4) is 11.3 Å². The Hall–Kier alpha value is -2.92. The maximum absolute atomic E-state index is 5.11. The van der Waals surface area contributed by atoms with Crippen LogP contribution in [0.3, 0.4) is 0 Å². The summed E-state index contributed by atoms with van der Waals surface area (Å²) in [5.74, 6) is 1.38. The predicted octanol–water partition coefficient (Wildman–Crippen LogP) is 4.95. The number of nitrogens with one attached hydrogen (secondary N) is 2. The standard InChI is InChI=1S/C22H26N4O/c1-16-10-11-19(17(2)14-16)24-22-25-20(18-8-5-4-6-9-18)15-21(26-22)23-12-7-13-27-3/h4-6,8-11,14-15H,7,12-13H2,1-3H3,(H2,23,24,25,26). The van der Waals surface area contributed by atoms with Gasteiger partial charge in [-0.2, -0.15) is 4.98 Å². The lowest BCUT2D eigenvalue weighted by atomic mass is 10.1. The summed E-state index contributed by atoms with van der Waals surface area (Å²) in [5, 5.41) is 6.73. The van der Waals surface area contributed by atoms with Crippen molar-refractivity contribution in [1.82, 2.24) is 9.97 Å². The molecule has 0 aliphatic carbocycles. The number of methoxy groups -OCH3 is 1. The van der Waals surface area contributed by atoms with Crippen LogP contribution in [-0.2, 0) is 4.74 Å². The fourth-order valence-corrected chi connectivity index (χ4v) is 2.86. The van der Waals surface area contributed by atoms with Crippen molar-refractivity contribution in [1.29, 1.82) is 0 Å². The molecule has 0 saturated heterocycles. The summed E-state index contributed by atoms with van der Waals surface area (Å²) in [6.45, 7) is 5.69. The second-order valence-corrected chi connectivity index (χ2v) is 6.54. The van der Waals surface area contributed by atoms with Crippen molar-refractivity contribution in [2.24, 2.45) is 0 Å². The Morgan fingerprint density at radius 1 is 0.963 bits per heavy atom. The molecule has 2 N–H and O–H groups in total. The molecule has 0 fully saturated rings. The van der Waals surface area contributed by atoms with Crippen LogP contribution in [0.25, 0.3) is 11.3 Å². The number of nitrogens with zero attached hydrogens (tertiary/aromatic N) is 2. The smallest absolute Gasteiger partial charge is 0.229 e. The van der Waals surface area contributed by atoms with Crippen LogP contribution in [-0.4, -0.2) is 30.2 Å². The van der Waals surface area contributed by atoms with Gasteiger partial charge in [0.05, 0.1) is 5.69 Å². The van der Waals surface area contributed by atoms with E-state index in [1.165, 1.54) is 11.1 Å². The van der Waals surface area contributed by atoms with Gasteiger partial charge in [-0.05, 0) is 31.9 Å². The van der Waals surface area contributed by atoms with E-state index in [1.54, 1.807) is 7.11 Å². The zero-order chi connectivity index (χ0) is 19.1. The fourth-order valence-electron chi connectivity index (χ4n) is 2.86. The molecular weight excluding hydrogens is 336 g/mol. The average molecular weight is 362 g/mol. The van der Waals surface area contributed by atoms with Crippen LogP contribution in [0.15, 0.2) is 54.6 Å². The number of aryl methyl sites for hydroxylation is 2. The van der Waals surface area contributed by atoms with Crippen LogP contribution < -0.4 is 10.6 Å². The molecule has 3 aromatic rings. The molecule has 3 rings (SSSR count). The highest BCUT2D eigenvalue weighted by atomic mass is 16.5. The SMILES string of the molecule is COCCCNc1cc(-c2ccccc2)nc(Nc2ccc(C)cc2C)n1. The number of ether oxygens (including phenoxy) is 1. The highest BCUT2D eigenvalue weighted by molar-refractivity contribution is 5.67. The van der Waals surface area contributed by atoms with Gasteiger partial charge in [-0.1, -0.05) is 48.0 Å². The molecule has 0 amide bonds. The summed E-state index contributed by atoms with van der Waals surface area (Å²) >= 11 is 0. The summed E-state index contributed by atoms with van der Waals surface area (Å²) in [7, 11) is 1.71. The van der Waals surface area contributed by atoms with Gasteiger partial charge in [-0.15, -0.1) is 0 Å². The molecule has 140 valence electrons. The quantitative estimate of drug-likeness (QED) is 0.555. The Morgan fingerprint density at radius 2 is 1.78 bits per heavy atom. The van der Waals surface area contributed by atoms with Gasteiger partial charge in [0, 0.05) is 37.6 Å². The molecule has 0 aliphatic heterocycles. The number of hydrogen-bond acceptors (Lipinski definition) is 5. The summed E-state index contributed by atoms with van der Waals surface area (Å²) in [6.07, 6.45) is 0.918. The first kappa shape index (κ1) is 18.9. The van der Waals surface area contributed by atoms with Gasteiger partial charge in [-0.3, -0.25) is 0 Å². The minimum Gasteiger partial charge on any atom is -0.385 e. The summed E-state index contributed by atoms with van der Waals surface area (Å²) in [5.41, 5.74) is 5.35. The summed E-state index contributed by atoms with van der Waals surface area (Å²) in [4.78, 5) is 9.36. The van der Waals surface area contributed by atoms with Gasteiger partial charge in [0.2, 0.25) is 5.95 Å². The van der Waals surface area contributed by atoms with Gasteiger partial charge in [0.15, 0.2) is 0 Å². The third-order valence-electron chi connectivity index (χ3n) is 4.26. The molecule has 27 heavy (non-hydrogen) atoms. The van der Waals surface area contributed by atoms with E-state index in [0.717, 1.165) is 42.3 Å². The largest absolute Gasteiger partial charge is 0.385 e. The molecule has 0 unspecified atom stereocenters. The van der Waals surface area contributed by atoms with Crippen molar-refractivity contribution < 1.29 is 4.74 Å². The highest BCUT2D eigenvalue weighted by Gasteiger charge is 2.08. The topological polar surface area (TPSA) is 59.1 Å². The first-order chi connectivity index (χ1) is 13.2. The van der Waals surface area contributed by atoms with E-state index in [4.69, 9.17) is 9.72 Å². The molecule has 0 saturated carbocycles. The number of aromatic nitrogens is 2. The van der Waals surface area contributed by atoms with Crippen molar-refractivity contribution in [2.75, 3.05) is 30.9 Å². The van der Waals surface area contributed by atoms with E-state index in [-0.39, 0.29) is 0 Å². The van der Waals surface area contributed by atoms with E-state index in [1.807, 2.05) is 24.3 Å². The molecule has 0 spiro atoms. The Labute approximate surface area is 160 Å². The van der Waals surface area contributed by atoms with Crippen LogP contribution in [0, 0.1) is 13.8 Å². The van der Waals surface area contributed by atoms with Gasteiger partial charge in [-0.25, -0.2) is 4.98 Å². The molecule has 2 aromatic carbocycles. The maximum atomic E-state index is 5.11. The van der Waals surface area contributed by atoms with Gasteiger partial charge in [0.25, 0.3) is 0 Å². The molecule has 5 heteroatoms. The molecule has 0 aliphatic rings. The molecule has 0 radical (unpaired) electrons. The second-order valence-electron chi connectivity index (χ2n) is 6.54. The molecule has 1 heterocycles. The monoisotopic (exact) mass is 362 g/mol. The zero-order valence-corrected chi connectivity index (χ0v) is 16.1. The van der Waals surface area contributed by atoms with Crippen LogP contribution in [0.5, 0.6) is 0 Å². The van der Waals surface area contributed by atoms with Crippen molar-refractivity contribution in [3.63, 3.8) is 0 Å². The average Bonchev–Trinajstić information content (AvgIpc) is 2.68. The lowest BCUT2D eigenvalue weighted by molar-refractivity contribution is 0.198. The normalized spacial score (nSPS) is 10.6. The van der Waals surface area contributed by atoms with Gasteiger partial charge < -0.3 is 15.4 Å². The van der Waals surface area contributed by atoms with Crippen LogP contribution in [0.1, 0.15) is 17.5 Å². The van der Waals surface area contributed by atoms with Crippen LogP contribution in [0.4, 0.5) is 17.5 Å². The lowest BCUT2D eigenvalue weighted by Gasteiger charge is -2.13. The number of benzene rings is 2. The molecule has 5 nitrogen and oxygen atoms in total. The Morgan fingerprint density at radius 3 is 2.52 bits per heavy atom. The fraction of sp³-hybridized carbons (Fsp3) is 0.273. The van der Waals surface area contributed by atoms with Crippen LogP contribution in [0.2, 0.25) is 0 Å². The van der Waals surface area contributed by atoms with Crippen molar-refractivity contribution >= 4 is 17.5 Å². The molecule has 0 bridgehead atoms. The van der Waals surface area contributed by atoms with Crippen LogP contribution >= 0.6 is 0 Å². The van der Waals surface area contributed by atoms with Gasteiger partial charge >= 0.3 is 0 Å². The van der Waals surface area contributed by atoms with Crippen molar-refractivity contribution in [3.05, 3.63) is 65.7 Å². The minimum absolute atomic E-state index is 0.581. The van der Waals surface area contributed by atoms with E-state index >= 15 is 0 Å². The van der Waals surface area contributed by atoms with Crippen molar-refractivity contribution in [2.45, 2.75) is 20.3 Å². The van der Waals surface area contributed by atoms with E-state index in [9.17, 15) is 0 Å². The van der Waals surface area contributed by atoms with E-state index in [2.05, 4.69) is 59.8 Å². The Bertz CT molecular complexity index is 881. The van der Waals surface area contributed by atoms with E-state index in [0.29, 0.717) is 5.95 Å². The highest BCUT2D eigenvalue weighted by Crippen LogP contribution is 2.24. The Balaban J connectivity index is 1.89. The first-order valence-corrected chi connectivity index (χ1v) is 9.17. The number of anilines is 3. The van der Waals surface area contributed by atoms with Gasteiger partial charge in [0.1, 0.15) is 5.82 Å². The van der Waals surface area contributed by atoms with E-state index < -0.39 is 0 Å². The predicted molar refractivity (Wildman–Crippen MR) is 112 cm³/mol.